The molecule has 3 heterocycles. The fourth-order valence-corrected chi connectivity index (χ4v) is 3.19. The summed E-state index contributed by atoms with van der Waals surface area (Å²) in [5.41, 5.74) is 0.114. The van der Waals surface area contributed by atoms with Gasteiger partial charge in [-0.05, 0) is 24.3 Å². The Morgan fingerprint density at radius 2 is 1.89 bits per heavy atom. The molecule has 28 heavy (non-hydrogen) atoms. The van der Waals surface area contributed by atoms with E-state index in [0.29, 0.717) is 32.3 Å². The second-order valence-electron chi connectivity index (χ2n) is 6.12. The Balaban J connectivity index is 2.03. The number of fused-ring (bicyclic) bond motifs is 1. The van der Waals surface area contributed by atoms with Gasteiger partial charge in [-0.1, -0.05) is 11.6 Å². The Labute approximate surface area is 163 Å². The summed E-state index contributed by atoms with van der Waals surface area (Å²) >= 11 is 6.27. The van der Waals surface area contributed by atoms with Gasteiger partial charge in [0.2, 0.25) is 5.95 Å². The summed E-state index contributed by atoms with van der Waals surface area (Å²) < 4.78 is 19.2. The lowest BCUT2D eigenvalue weighted by Crippen LogP contribution is -2.37. The largest absolute Gasteiger partial charge is 0.507 e. The number of pyridine rings is 1. The van der Waals surface area contributed by atoms with Crippen LogP contribution in [0.1, 0.15) is 10.5 Å². The smallest absolute Gasteiger partial charge is 0.354 e. The number of hydrogen-bond acceptors (Lipinski definition) is 7. The number of ether oxygens (including phenoxy) is 1. The molecule has 0 amide bonds. The average Bonchev–Trinajstić information content (AvgIpc) is 2.70. The minimum Gasteiger partial charge on any atom is -0.507 e. The Kier molecular flexibility index (Phi) is 4.70. The van der Waals surface area contributed by atoms with Crippen LogP contribution < -0.4 is 4.90 Å². The number of aromatic hydroxyl groups is 1. The molecule has 0 aliphatic carbocycles. The maximum atomic E-state index is 13.9. The van der Waals surface area contributed by atoms with Gasteiger partial charge in [0.15, 0.2) is 5.69 Å². The lowest BCUT2D eigenvalue weighted by atomic mass is 10.1. The van der Waals surface area contributed by atoms with Gasteiger partial charge in [-0.25, -0.2) is 24.1 Å². The third-order valence-electron chi connectivity index (χ3n) is 4.32. The van der Waals surface area contributed by atoms with Crippen LogP contribution in [0.4, 0.5) is 10.3 Å². The van der Waals surface area contributed by atoms with Gasteiger partial charge < -0.3 is 19.8 Å². The molecule has 1 saturated heterocycles. The number of benzene rings is 1. The number of morpholine rings is 1. The van der Waals surface area contributed by atoms with E-state index in [1.807, 2.05) is 4.90 Å². The van der Waals surface area contributed by atoms with E-state index in [1.54, 1.807) is 0 Å². The predicted octanol–water partition coefficient (Wildman–Crippen LogP) is 2.72. The summed E-state index contributed by atoms with van der Waals surface area (Å²) in [4.78, 5) is 26.2. The molecule has 10 heteroatoms. The van der Waals surface area contributed by atoms with Gasteiger partial charge in [-0.2, -0.15) is 0 Å². The molecular weight excluding hydrogens is 391 g/mol. The van der Waals surface area contributed by atoms with E-state index in [2.05, 4.69) is 15.0 Å². The Bertz CT molecular complexity index is 1090. The number of aromatic carboxylic acids is 1. The van der Waals surface area contributed by atoms with Crippen LogP contribution in [0.3, 0.4) is 0 Å². The highest BCUT2D eigenvalue weighted by Crippen LogP contribution is 2.36. The van der Waals surface area contributed by atoms with E-state index in [0.717, 1.165) is 12.1 Å². The number of phenolic OH excluding ortho intramolecular Hbond substituents is 1. The highest BCUT2D eigenvalue weighted by molar-refractivity contribution is 6.35. The first-order valence-electron chi connectivity index (χ1n) is 8.37. The second kappa shape index (κ2) is 7.17. The Hall–Kier alpha value is -3.04. The van der Waals surface area contributed by atoms with Gasteiger partial charge in [0.25, 0.3) is 0 Å². The van der Waals surface area contributed by atoms with E-state index in [9.17, 15) is 19.4 Å². The zero-order valence-electron chi connectivity index (χ0n) is 14.4. The lowest BCUT2D eigenvalue weighted by Gasteiger charge is -2.27. The molecule has 0 bridgehead atoms. The molecule has 2 N–H and O–H groups in total. The SMILES string of the molecule is O=C(O)c1cc(Cl)c2nc(N3CCOCC3)nc(-c3cc(F)ccc3O)c2n1. The van der Waals surface area contributed by atoms with Crippen LogP contribution in [-0.4, -0.2) is 57.4 Å². The van der Waals surface area contributed by atoms with Crippen molar-refractivity contribution in [1.82, 2.24) is 15.0 Å². The molecule has 0 radical (unpaired) electrons. The summed E-state index contributed by atoms with van der Waals surface area (Å²) in [6.07, 6.45) is 0. The topological polar surface area (TPSA) is 109 Å². The maximum absolute atomic E-state index is 13.9. The van der Waals surface area contributed by atoms with Crippen molar-refractivity contribution in [1.29, 1.82) is 0 Å². The third kappa shape index (κ3) is 3.30. The van der Waals surface area contributed by atoms with Crippen LogP contribution in [0.5, 0.6) is 5.75 Å². The zero-order valence-corrected chi connectivity index (χ0v) is 15.1. The number of halogens is 2. The quantitative estimate of drug-likeness (QED) is 0.686. The normalized spacial score (nSPS) is 14.4. The van der Waals surface area contributed by atoms with Crippen molar-refractivity contribution in [2.24, 2.45) is 0 Å². The summed E-state index contributed by atoms with van der Waals surface area (Å²) in [7, 11) is 0. The molecule has 0 saturated carbocycles. The molecule has 1 fully saturated rings. The molecule has 1 aliphatic heterocycles. The summed E-state index contributed by atoms with van der Waals surface area (Å²) in [5.74, 6) is -1.79. The number of aromatic nitrogens is 3. The molecule has 3 aromatic rings. The molecule has 1 aliphatic rings. The van der Waals surface area contributed by atoms with E-state index < -0.39 is 11.8 Å². The highest BCUT2D eigenvalue weighted by atomic mass is 35.5. The first kappa shape index (κ1) is 18.3. The second-order valence-corrected chi connectivity index (χ2v) is 6.53. The number of anilines is 1. The molecule has 1 aromatic carbocycles. The van der Waals surface area contributed by atoms with Gasteiger partial charge in [-0.15, -0.1) is 0 Å². The molecule has 0 atom stereocenters. The van der Waals surface area contributed by atoms with Crippen molar-refractivity contribution >= 4 is 34.6 Å². The number of phenols is 1. The van der Waals surface area contributed by atoms with E-state index in [-0.39, 0.29) is 38.8 Å². The van der Waals surface area contributed by atoms with Gasteiger partial charge in [0.05, 0.1) is 18.2 Å². The number of carboxylic acids is 1. The Morgan fingerprint density at radius 3 is 2.61 bits per heavy atom. The average molecular weight is 405 g/mol. The van der Waals surface area contributed by atoms with Crippen molar-refractivity contribution in [3.8, 4) is 17.0 Å². The van der Waals surface area contributed by atoms with Gasteiger partial charge in [0, 0.05) is 18.7 Å². The van der Waals surface area contributed by atoms with E-state index >= 15 is 0 Å². The van der Waals surface area contributed by atoms with Crippen LogP contribution in [0.15, 0.2) is 24.3 Å². The molecule has 144 valence electrons. The van der Waals surface area contributed by atoms with Crippen molar-refractivity contribution in [2.45, 2.75) is 0 Å². The van der Waals surface area contributed by atoms with Crippen molar-refractivity contribution in [3.63, 3.8) is 0 Å². The first-order chi connectivity index (χ1) is 13.4. The summed E-state index contributed by atoms with van der Waals surface area (Å²) in [5, 5.41) is 19.6. The fourth-order valence-electron chi connectivity index (χ4n) is 2.96. The monoisotopic (exact) mass is 404 g/mol. The van der Waals surface area contributed by atoms with Crippen LogP contribution in [0.2, 0.25) is 5.02 Å². The van der Waals surface area contributed by atoms with Crippen LogP contribution in [0.25, 0.3) is 22.3 Å². The number of rotatable bonds is 3. The number of nitrogens with zero attached hydrogens (tertiary/aromatic N) is 4. The van der Waals surface area contributed by atoms with Crippen molar-refractivity contribution in [2.75, 3.05) is 31.2 Å². The molecule has 0 spiro atoms. The maximum Gasteiger partial charge on any atom is 0.354 e. The number of hydrogen-bond donors (Lipinski definition) is 2. The molecule has 8 nitrogen and oxygen atoms in total. The standard InChI is InChI=1S/C18H14ClFN4O4/c19-11-8-12(17(26)27)21-16-14(10-7-9(20)1-2-13(10)25)22-18(23-15(11)16)24-3-5-28-6-4-24/h1-2,7-8,25H,3-6H2,(H,26,27). The molecule has 0 unspecified atom stereocenters. The van der Waals surface area contributed by atoms with Crippen molar-refractivity contribution in [3.05, 3.63) is 40.8 Å². The van der Waals surface area contributed by atoms with E-state index in [4.69, 9.17) is 16.3 Å². The minimum absolute atomic E-state index is 0.0582. The minimum atomic E-state index is -1.28. The molecule has 2 aromatic heterocycles. The van der Waals surface area contributed by atoms with Crippen molar-refractivity contribution < 1.29 is 24.1 Å². The number of carbonyl (C=O) groups is 1. The zero-order chi connectivity index (χ0) is 19.8. The van der Waals surface area contributed by atoms with Crippen LogP contribution >= 0.6 is 11.6 Å². The van der Waals surface area contributed by atoms with Crippen LogP contribution in [-0.2, 0) is 4.74 Å². The lowest BCUT2D eigenvalue weighted by molar-refractivity contribution is 0.0691. The Morgan fingerprint density at radius 1 is 1.14 bits per heavy atom. The van der Waals surface area contributed by atoms with Gasteiger partial charge >= 0.3 is 5.97 Å². The predicted molar refractivity (Wildman–Crippen MR) is 99.4 cm³/mol. The summed E-state index contributed by atoms with van der Waals surface area (Å²) in [6.45, 7) is 2.06. The van der Waals surface area contributed by atoms with Gasteiger partial charge in [0.1, 0.15) is 28.3 Å². The third-order valence-corrected chi connectivity index (χ3v) is 4.61. The number of carboxylic acid groups (broad SMARTS) is 1. The summed E-state index contributed by atoms with van der Waals surface area (Å²) in [6, 6.07) is 4.59. The van der Waals surface area contributed by atoms with E-state index in [1.165, 1.54) is 12.1 Å². The van der Waals surface area contributed by atoms with Crippen LogP contribution in [0, 0.1) is 5.82 Å². The highest BCUT2D eigenvalue weighted by Gasteiger charge is 2.22. The van der Waals surface area contributed by atoms with Gasteiger partial charge in [-0.3, -0.25) is 0 Å². The first-order valence-corrected chi connectivity index (χ1v) is 8.75. The molecule has 4 rings (SSSR count). The molecular formula is C18H14ClFN4O4. The fraction of sp³-hybridized carbons (Fsp3) is 0.222.